The lowest BCUT2D eigenvalue weighted by Gasteiger charge is -2.10. The molecule has 0 aliphatic rings. The number of anilines is 1. The smallest absolute Gasteiger partial charge is 0.269 e. The number of hydrazone groups is 1. The molecule has 3 aromatic rings. The number of rotatable bonds is 5. The number of para-hydroxylation sites is 1. The summed E-state index contributed by atoms with van der Waals surface area (Å²) < 4.78 is 1.44. The number of benzene rings is 2. The fourth-order valence-corrected chi connectivity index (χ4v) is 2.60. The number of hydrogen-bond donors (Lipinski definition) is 1. The highest BCUT2D eigenvalue weighted by Crippen LogP contribution is 2.27. The molecule has 0 aliphatic carbocycles. The molecule has 0 aliphatic heterocycles. The van der Waals surface area contributed by atoms with Crippen LogP contribution in [-0.4, -0.2) is 15.7 Å². The van der Waals surface area contributed by atoms with Gasteiger partial charge >= 0.3 is 0 Å². The van der Waals surface area contributed by atoms with Crippen LogP contribution in [0.4, 0.5) is 17.1 Å². The molecular formula is C17H13N7O3. The predicted molar refractivity (Wildman–Crippen MR) is 102 cm³/mol. The highest BCUT2D eigenvalue weighted by Gasteiger charge is 2.12. The summed E-state index contributed by atoms with van der Waals surface area (Å²) in [7, 11) is 1.62. The molecule has 0 saturated carbocycles. The van der Waals surface area contributed by atoms with Gasteiger partial charge < -0.3 is 4.57 Å². The molecule has 134 valence electrons. The van der Waals surface area contributed by atoms with Crippen LogP contribution in [0.3, 0.4) is 0 Å². The number of fused-ring (bicyclic) bond motifs is 1. The van der Waals surface area contributed by atoms with E-state index in [4.69, 9.17) is 5.53 Å². The average Bonchev–Trinajstić information content (AvgIpc) is 2.68. The Morgan fingerprint density at radius 1 is 1.22 bits per heavy atom. The molecule has 0 unspecified atom stereocenters. The molecule has 0 saturated heterocycles. The van der Waals surface area contributed by atoms with Crippen LogP contribution in [0, 0.1) is 10.1 Å². The first kappa shape index (κ1) is 17.6. The first-order valence-corrected chi connectivity index (χ1v) is 7.73. The number of azide groups is 1. The van der Waals surface area contributed by atoms with Gasteiger partial charge in [0.2, 0.25) is 0 Å². The fourth-order valence-electron chi connectivity index (χ4n) is 2.60. The van der Waals surface area contributed by atoms with Crippen molar-refractivity contribution in [2.75, 3.05) is 5.43 Å². The van der Waals surface area contributed by atoms with Crippen LogP contribution < -0.4 is 11.0 Å². The van der Waals surface area contributed by atoms with Crippen LogP contribution in [0.15, 0.2) is 63.5 Å². The summed E-state index contributed by atoms with van der Waals surface area (Å²) in [6.07, 6.45) is 1.26. The summed E-state index contributed by atoms with van der Waals surface area (Å²) in [4.78, 5) is 25.6. The van der Waals surface area contributed by atoms with E-state index in [-0.39, 0.29) is 22.5 Å². The Hall–Kier alpha value is -4.17. The van der Waals surface area contributed by atoms with Crippen molar-refractivity contribution in [2.45, 2.75) is 0 Å². The molecule has 3 rings (SSSR count). The number of nitro benzene ring substituents is 1. The molecule has 1 heterocycles. The maximum atomic E-state index is 12.6. The second-order valence-corrected chi connectivity index (χ2v) is 5.51. The molecule has 2 aromatic carbocycles. The first-order chi connectivity index (χ1) is 13.0. The third-order valence-electron chi connectivity index (χ3n) is 3.92. The molecule has 10 nitrogen and oxygen atoms in total. The van der Waals surface area contributed by atoms with Crippen molar-refractivity contribution in [3.05, 3.63) is 85.0 Å². The Morgan fingerprint density at radius 2 is 1.93 bits per heavy atom. The number of hydrogen-bond acceptors (Lipinski definition) is 6. The van der Waals surface area contributed by atoms with Gasteiger partial charge in [-0.2, -0.15) is 5.10 Å². The van der Waals surface area contributed by atoms with Crippen molar-refractivity contribution in [1.82, 2.24) is 4.57 Å². The quantitative estimate of drug-likeness (QED) is 0.184. The molecule has 0 bridgehead atoms. The standard InChI is InChI=1S/C17H13N7O3/c1-23-15-5-3-2-4-13(15)16(21-22-18)14(17(23)25)10-19-20-11-6-8-12(9-7-11)24(26)27/h2-10,20H,1H3/b19-10+. The second-order valence-electron chi connectivity index (χ2n) is 5.51. The summed E-state index contributed by atoms with van der Waals surface area (Å²) in [5.74, 6) is 0. The lowest BCUT2D eigenvalue weighted by atomic mass is 10.1. The lowest BCUT2D eigenvalue weighted by Crippen LogP contribution is -2.21. The van der Waals surface area contributed by atoms with Gasteiger partial charge in [-0.3, -0.25) is 20.3 Å². The van der Waals surface area contributed by atoms with Crippen LogP contribution in [-0.2, 0) is 7.05 Å². The molecule has 0 amide bonds. The van der Waals surface area contributed by atoms with Gasteiger partial charge in [-0.05, 0) is 23.7 Å². The third-order valence-corrected chi connectivity index (χ3v) is 3.92. The SMILES string of the molecule is Cn1c(=O)c(/C=N/Nc2ccc([N+](=O)[O-])cc2)c(N=[N+]=[N-])c2ccccc21. The second kappa shape index (κ2) is 7.38. The van der Waals surface area contributed by atoms with E-state index in [1.807, 2.05) is 0 Å². The molecule has 27 heavy (non-hydrogen) atoms. The highest BCUT2D eigenvalue weighted by atomic mass is 16.6. The summed E-state index contributed by atoms with van der Waals surface area (Å²) in [5, 5.41) is 18.9. The van der Waals surface area contributed by atoms with Crippen molar-refractivity contribution in [3.63, 3.8) is 0 Å². The van der Waals surface area contributed by atoms with Gasteiger partial charge in [-0.1, -0.05) is 23.3 Å². The largest absolute Gasteiger partial charge is 0.311 e. The molecule has 1 N–H and O–H groups in total. The molecule has 0 radical (unpaired) electrons. The van der Waals surface area contributed by atoms with Gasteiger partial charge in [-0.25, -0.2) is 0 Å². The minimum absolute atomic E-state index is 0.0430. The summed E-state index contributed by atoms with van der Waals surface area (Å²) in [5.41, 5.74) is 12.6. The van der Waals surface area contributed by atoms with Crippen LogP contribution in [0.5, 0.6) is 0 Å². The Labute approximate surface area is 152 Å². The average molecular weight is 363 g/mol. The van der Waals surface area contributed by atoms with E-state index in [1.165, 1.54) is 35.0 Å². The number of nitrogens with one attached hydrogen (secondary N) is 1. The van der Waals surface area contributed by atoms with E-state index in [1.54, 1.807) is 31.3 Å². The van der Waals surface area contributed by atoms with E-state index in [2.05, 4.69) is 20.6 Å². The van der Waals surface area contributed by atoms with Gasteiger partial charge in [0.1, 0.15) is 0 Å². The Kier molecular flexibility index (Phi) is 4.82. The molecular weight excluding hydrogens is 350 g/mol. The maximum Gasteiger partial charge on any atom is 0.269 e. The van der Waals surface area contributed by atoms with E-state index in [9.17, 15) is 14.9 Å². The normalized spacial score (nSPS) is 10.7. The zero-order chi connectivity index (χ0) is 19.4. The zero-order valence-electron chi connectivity index (χ0n) is 14.1. The zero-order valence-corrected chi connectivity index (χ0v) is 14.1. The van der Waals surface area contributed by atoms with E-state index >= 15 is 0 Å². The summed E-state index contributed by atoms with van der Waals surface area (Å²) in [6.45, 7) is 0. The Morgan fingerprint density at radius 3 is 2.59 bits per heavy atom. The Bertz CT molecular complexity index is 1160. The molecule has 10 heteroatoms. The van der Waals surface area contributed by atoms with Crippen molar-refractivity contribution in [1.29, 1.82) is 0 Å². The minimum Gasteiger partial charge on any atom is -0.311 e. The number of nitro groups is 1. The molecule has 0 spiro atoms. The van der Waals surface area contributed by atoms with Crippen LogP contribution in [0.25, 0.3) is 21.3 Å². The molecule has 1 aromatic heterocycles. The van der Waals surface area contributed by atoms with E-state index < -0.39 is 4.92 Å². The number of nitrogens with zero attached hydrogens (tertiary/aromatic N) is 6. The van der Waals surface area contributed by atoms with Gasteiger partial charge in [0, 0.05) is 29.5 Å². The maximum absolute atomic E-state index is 12.6. The van der Waals surface area contributed by atoms with Crippen molar-refractivity contribution in [2.24, 2.45) is 17.3 Å². The van der Waals surface area contributed by atoms with Gasteiger partial charge in [0.05, 0.1) is 33.6 Å². The Balaban J connectivity index is 2.01. The monoisotopic (exact) mass is 363 g/mol. The van der Waals surface area contributed by atoms with Crippen molar-refractivity contribution < 1.29 is 4.92 Å². The van der Waals surface area contributed by atoms with Gasteiger partial charge in [-0.15, -0.1) is 0 Å². The van der Waals surface area contributed by atoms with Crippen LogP contribution in [0.1, 0.15) is 5.56 Å². The van der Waals surface area contributed by atoms with E-state index in [0.29, 0.717) is 16.6 Å². The molecule has 0 atom stereocenters. The number of non-ortho nitro benzene ring substituents is 1. The predicted octanol–water partition coefficient (Wildman–Crippen LogP) is 3.83. The summed E-state index contributed by atoms with van der Waals surface area (Å²) in [6, 6.07) is 12.7. The third kappa shape index (κ3) is 3.46. The topological polar surface area (TPSA) is 138 Å². The number of pyridine rings is 1. The van der Waals surface area contributed by atoms with Crippen molar-refractivity contribution in [3.8, 4) is 0 Å². The highest BCUT2D eigenvalue weighted by molar-refractivity contribution is 6.00. The van der Waals surface area contributed by atoms with Crippen LogP contribution >= 0.6 is 0 Å². The number of aryl methyl sites for hydroxylation is 1. The van der Waals surface area contributed by atoms with E-state index in [0.717, 1.165) is 0 Å². The number of aromatic nitrogens is 1. The van der Waals surface area contributed by atoms with Gasteiger partial charge in [0.15, 0.2) is 0 Å². The minimum atomic E-state index is -0.502. The summed E-state index contributed by atoms with van der Waals surface area (Å²) >= 11 is 0. The fraction of sp³-hybridized carbons (Fsp3) is 0.0588. The first-order valence-electron chi connectivity index (χ1n) is 7.73. The van der Waals surface area contributed by atoms with Crippen LogP contribution in [0.2, 0.25) is 0 Å². The molecule has 0 fully saturated rings. The lowest BCUT2D eigenvalue weighted by molar-refractivity contribution is -0.384. The van der Waals surface area contributed by atoms with Gasteiger partial charge in [0.25, 0.3) is 11.2 Å². The van der Waals surface area contributed by atoms with Crippen molar-refractivity contribution >= 4 is 34.2 Å².